The lowest BCUT2D eigenvalue weighted by molar-refractivity contribution is -0.137. The summed E-state index contributed by atoms with van der Waals surface area (Å²) < 4.78 is 44.1. The number of rotatable bonds is 7. The Balaban J connectivity index is 1.28. The van der Waals surface area contributed by atoms with Crippen molar-refractivity contribution in [3.63, 3.8) is 0 Å². The van der Waals surface area contributed by atoms with Crippen LogP contribution in [0.15, 0.2) is 54.7 Å². The highest BCUT2D eigenvalue weighted by Crippen LogP contribution is 2.30. The molecule has 0 atom stereocenters. The van der Waals surface area contributed by atoms with Gasteiger partial charge in [-0.2, -0.15) is 13.2 Å². The lowest BCUT2D eigenvalue weighted by Gasteiger charge is -2.16. The lowest BCUT2D eigenvalue weighted by atomic mass is 10.1. The van der Waals surface area contributed by atoms with Crippen LogP contribution in [-0.4, -0.2) is 29.9 Å². The van der Waals surface area contributed by atoms with Crippen LogP contribution in [0.3, 0.4) is 0 Å². The molecule has 33 heavy (non-hydrogen) atoms. The topological polar surface area (TPSA) is 71.5 Å². The van der Waals surface area contributed by atoms with E-state index in [1.54, 1.807) is 35.2 Å². The van der Waals surface area contributed by atoms with E-state index < -0.39 is 17.6 Å². The molecule has 0 saturated carbocycles. The van der Waals surface area contributed by atoms with E-state index in [0.717, 1.165) is 29.1 Å². The van der Waals surface area contributed by atoms with Gasteiger partial charge in [0.15, 0.2) is 11.7 Å². The van der Waals surface area contributed by atoms with Gasteiger partial charge in [-0.15, -0.1) is 11.3 Å². The normalized spacial score (nSPS) is 13.9. The maximum Gasteiger partial charge on any atom is 0.416 e. The summed E-state index contributed by atoms with van der Waals surface area (Å²) in [4.78, 5) is 30.5. The van der Waals surface area contributed by atoms with Gasteiger partial charge in [-0.1, -0.05) is 18.2 Å². The fourth-order valence-corrected chi connectivity index (χ4v) is 4.32. The van der Waals surface area contributed by atoms with Gasteiger partial charge in [0.05, 0.1) is 5.56 Å². The molecule has 1 aliphatic rings. The van der Waals surface area contributed by atoms with E-state index in [9.17, 15) is 22.8 Å². The number of halogens is 3. The number of hydrogen-bond acceptors (Lipinski definition) is 5. The third-order valence-corrected chi connectivity index (χ3v) is 5.94. The first-order valence-corrected chi connectivity index (χ1v) is 11.0. The maximum absolute atomic E-state index is 12.9. The van der Waals surface area contributed by atoms with Crippen molar-refractivity contribution in [1.29, 1.82) is 0 Å². The average molecular weight is 475 g/mol. The zero-order valence-corrected chi connectivity index (χ0v) is 18.2. The van der Waals surface area contributed by atoms with Crippen molar-refractivity contribution in [3.8, 4) is 5.75 Å². The molecule has 4 rings (SSSR count). The molecular formula is C23H20F3N3O3S. The van der Waals surface area contributed by atoms with Crippen LogP contribution in [0.5, 0.6) is 5.75 Å². The van der Waals surface area contributed by atoms with Crippen LogP contribution in [-0.2, 0) is 22.2 Å². The summed E-state index contributed by atoms with van der Waals surface area (Å²) in [6, 6.07) is 12.1. The van der Waals surface area contributed by atoms with Crippen molar-refractivity contribution in [2.75, 3.05) is 23.4 Å². The van der Waals surface area contributed by atoms with Crippen LogP contribution in [0.25, 0.3) is 0 Å². The standard InChI is InChI=1S/C23H20F3N3O3S/c24-23(25,26)16-4-1-3-15(11-16)12-19-13-27-22(33-19)28-20(30)14-32-18-8-6-17(7-9-18)29-10-2-5-21(29)31/h1,3-4,6-9,11,13H,2,5,10,12,14H2,(H,27,28,30). The van der Waals surface area contributed by atoms with Gasteiger partial charge in [0, 0.05) is 36.1 Å². The average Bonchev–Trinajstić information content (AvgIpc) is 3.41. The van der Waals surface area contributed by atoms with E-state index >= 15 is 0 Å². The Bertz CT molecular complexity index is 1150. The smallest absolute Gasteiger partial charge is 0.416 e. The van der Waals surface area contributed by atoms with E-state index in [4.69, 9.17) is 4.74 Å². The number of alkyl halides is 3. The molecule has 2 heterocycles. The second-order valence-electron chi connectivity index (χ2n) is 7.49. The van der Waals surface area contributed by atoms with Crippen molar-refractivity contribution in [1.82, 2.24) is 4.98 Å². The summed E-state index contributed by atoms with van der Waals surface area (Å²) in [5.74, 6) is 0.178. The highest BCUT2D eigenvalue weighted by Gasteiger charge is 2.30. The zero-order valence-electron chi connectivity index (χ0n) is 17.4. The summed E-state index contributed by atoms with van der Waals surface area (Å²) in [5, 5.41) is 2.97. The monoisotopic (exact) mass is 475 g/mol. The Labute approximate surface area is 192 Å². The molecule has 1 aromatic heterocycles. The minimum absolute atomic E-state index is 0.0962. The van der Waals surface area contributed by atoms with Gasteiger partial charge in [-0.3, -0.25) is 14.9 Å². The molecule has 0 aliphatic carbocycles. The van der Waals surface area contributed by atoms with Crippen molar-refractivity contribution >= 4 is 34.0 Å². The fourth-order valence-electron chi connectivity index (χ4n) is 3.45. The Morgan fingerprint density at radius 1 is 1.18 bits per heavy atom. The number of nitrogens with one attached hydrogen (secondary N) is 1. The van der Waals surface area contributed by atoms with Gasteiger partial charge in [0.25, 0.3) is 5.91 Å². The van der Waals surface area contributed by atoms with Gasteiger partial charge in [0.1, 0.15) is 5.75 Å². The second kappa shape index (κ2) is 9.62. The minimum atomic E-state index is -4.39. The third-order valence-electron chi connectivity index (χ3n) is 5.02. The molecule has 1 fully saturated rings. The number of benzene rings is 2. The molecule has 0 unspecified atom stereocenters. The molecular weight excluding hydrogens is 455 g/mol. The Hall–Kier alpha value is -3.40. The van der Waals surface area contributed by atoms with Crippen LogP contribution in [0.2, 0.25) is 0 Å². The number of carbonyl (C=O) groups is 2. The molecule has 6 nitrogen and oxygen atoms in total. The van der Waals surface area contributed by atoms with E-state index in [1.807, 2.05) is 0 Å². The predicted octanol–water partition coefficient (Wildman–Crippen LogP) is 4.90. The number of nitrogens with zero attached hydrogens (tertiary/aromatic N) is 2. The van der Waals surface area contributed by atoms with Crippen LogP contribution in [0, 0.1) is 0 Å². The number of anilines is 2. The molecule has 0 spiro atoms. The van der Waals surface area contributed by atoms with Crippen LogP contribution in [0.4, 0.5) is 24.0 Å². The Morgan fingerprint density at radius 3 is 2.67 bits per heavy atom. The molecule has 3 aromatic rings. The third kappa shape index (κ3) is 5.89. The molecule has 10 heteroatoms. The number of amides is 2. The van der Waals surface area contributed by atoms with Crippen LogP contribution >= 0.6 is 11.3 Å². The number of ether oxygens (including phenoxy) is 1. The Kier molecular flexibility index (Phi) is 6.64. The van der Waals surface area contributed by atoms with E-state index in [-0.39, 0.29) is 18.9 Å². The molecule has 1 N–H and O–H groups in total. The minimum Gasteiger partial charge on any atom is -0.484 e. The van der Waals surface area contributed by atoms with Crippen LogP contribution in [0.1, 0.15) is 28.8 Å². The molecule has 2 amide bonds. The molecule has 0 radical (unpaired) electrons. The first-order chi connectivity index (χ1) is 15.8. The molecule has 1 aliphatic heterocycles. The summed E-state index contributed by atoms with van der Waals surface area (Å²) >= 11 is 1.19. The SMILES string of the molecule is O=C(COc1ccc(N2CCCC2=O)cc1)Nc1ncc(Cc2cccc(C(F)(F)F)c2)s1. The predicted molar refractivity (Wildman–Crippen MR) is 119 cm³/mol. The highest BCUT2D eigenvalue weighted by molar-refractivity contribution is 7.15. The summed E-state index contributed by atoms with van der Waals surface area (Å²) in [6.45, 7) is 0.468. The fraction of sp³-hybridized carbons (Fsp3) is 0.261. The zero-order chi connectivity index (χ0) is 23.4. The largest absolute Gasteiger partial charge is 0.484 e. The van der Waals surface area contributed by atoms with Crippen molar-refractivity contribution in [2.24, 2.45) is 0 Å². The summed E-state index contributed by atoms with van der Waals surface area (Å²) in [7, 11) is 0. The van der Waals surface area contributed by atoms with E-state index in [0.29, 0.717) is 29.4 Å². The Morgan fingerprint density at radius 2 is 1.97 bits per heavy atom. The molecule has 172 valence electrons. The maximum atomic E-state index is 12.9. The molecule has 0 bridgehead atoms. The summed E-state index contributed by atoms with van der Waals surface area (Å²) in [5.41, 5.74) is 0.606. The van der Waals surface area contributed by atoms with Gasteiger partial charge < -0.3 is 9.64 Å². The van der Waals surface area contributed by atoms with Gasteiger partial charge in [0.2, 0.25) is 5.91 Å². The number of aromatic nitrogens is 1. The highest BCUT2D eigenvalue weighted by atomic mass is 32.1. The second-order valence-corrected chi connectivity index (χ2v) is 8.60. The van der Waals surface area contributed by atoms with Gasteiger partial charge in [-0.05, 0) is 42.3 Å². The first-order valence-electron chi connectivity index (χ1n) is 10.2. The van der Waals surface area contributed by atoms with E-state index in [1.165, 1.54) is 23.6 Å². The van der Waals surface area contributed by atoms with Crippen molar-refractivity contribution in [3.05, 3.63) is 70.7 Å². The molecule has 2 aromatic carbocycles. The van der Waals surface area contributed by atoms with Gasteiger partial charge >= 0.3 is 6.18 Å². The quantitative estimate of drug-likeness (QED) is 0.528. The van der Waals surface area contributed by atoms with Crippen molar-refractivity contribution < 1.29 is 27.5 Å². The number of hydrogen-bond donors (Lipinski definition) is 1. The molecule has 1 saturated heterocycles. The van der Waals surface area contributed by atoms with E-state index in [2.05, 4.69) is 10.3 Å². The summed E-state index contributed by atoms with van der Waals surface area (Å²) in [6.07, 6.45) is -1.19. The van der Waals surface area contributed by atoms with Gasteiger partial charge in [-0.25, -0.2) is 4.98 Å². The van der Waals surface area contributed by atoms with Crippen molar-refractivity contribution in [2.45, 2.75) is 25.4 Å². The lowest BCUT2D eigenvalue weighted by Crippen LogP contribution is -2.23. The number of carbonyl (C=O) groups excluding carboxylic acids is 2. The van der Waals surface area contributed by atoms with Crippen LogP contribution < -0.4 is 15.0 Å². The first kappa shape index (κ1) is 22.8. The number of thiazole rings is 1.